The lowest BCUT2D eigenvalue weighted by Gasteiger charge is -2.21. The number of nitrogens with zero attached hydrogens (tertiary/aromatic N) is 1. The number of amides is 1. The van der Waals surface area contributed by atoms with Crippen LogP contribution in [0.3, 0.4) is 0 Å². The predicted molar refractivity (Wildman–Crippen MR) is 76.4 cm³/mol. The molecule has 0 unspecified atom stereocenters. The number of halogens is 1. The molecule has 0 bridgehead atoms. The van der Waals surface area contributed by atoms with Crippen molar-refractivity contribution in [2.24, 2.45) is 5.92 Å². The Balaban J connectivity index is 2.11. The maximum atomic E-state index is 13.7. The molecule has 7 heteroatoms. The maximum Gasteiger partial charge on any atom is 0.293 e. The molecule has 0 saturated heterocycles. The Bertz CT molecular complexity index is 557. The molecule has 6 nitrogen and oxygen atoms in total. The zero-order valence-corrected chi connectivity index (χ0v) is 11.6. The van der Waals surface area contributed by atoms with Crippen molar-refractivity contribution in [3.8, 4) is 0 Å². The van der Waals surface area contributed by atoms with Crippen LogP contribution in [0, 0.1) is 21.8 Å². The third-order valence-electron chi connectivity index (χ3n) is 3.87. The number of hydrogen-bond acceptors (Lipinski definition) is 4. The van der Waals surface area contributed by atoms with Crippen molar-refractivity contribution < 1.29 is 14.1 Å². The van der Waals surface area contributed by atoms with Gasteiger partial charge in [0.25, 0.3) is 11.6 Å². The normalized spacial score (nSPS) is 15.7. The number of nitrogens with two attached hydrogens (primary N) is 1. The van der Waals surface area contributed by atoms with E-state index >= 15 is 0 Å². The van der Waals surface area contributed by atoms with E-state index < -0.39 is 33.6 Å². The van der Waals surface area contributed by atoms with E-state index in [1.54, 1.807) is 0 Å². The van der Waals surface area contributed by atoms with E-state index in [1.165, 1.54) is 6.42 Å². The Morgan fingerprint density at radius 2 is 2.05 bits per heavy atom. The lowest BCUT2D eigenvalue weighted by atomic mass is 9.89. The highest BCUT2D eigenvalue weighted by atomic mass is 19.1. The second-order valence-electron chi connectivity index (χ2n) is 5.33. The summed E-state index contributed by atoms with van der Waals surface area (Å²) < 4.78 is 13.7. The number of rotatable bonds is 4. The molecule has 1 aliphatic carbocycles. The number of nitro groups is 1. The van der Waals surface area contributed by atoms with Crippen LogP contribution in [-0.2, 0) is 0 Å². The van der Waals surface area contributed by atoms with Crippen molar-refractivity contribution in [2.75, 3.05) is 12.3 Å². The Labute approximate surface area is 121 Å². The van der Waals surface area contributed by atoms with Crippen LogP contribution in [0.25, 0.3) is 0 Å². The van der Waals surface area contributed by atoms with Crippen molar-refractivity contribution in [1.82, 2.24) is 5.32 Å². The van der Waals surface area contributed by atoms with Crippen molar-refractivity contribution >= 4 is 17.3 Å². The fourth-order valence-electron chi connectivity index (χ4n) is 2.69. The quantitative estimate of drug-likeness (QED) is 0.506. The molecule has 1 amide bonds. The lowest BCUT2D eigenvalue weighted by Crippen LogP contribution is -2.31. The van der Waals surface area contributed by atoms with Crippen molar-refractivity contribution in [3.63, 3.8) is 0 Å². The van der Waals surface area contributed by atoms with Gasteiger partial charge in [0.05, 0.1) is 4.92 Å². The predicted octanol–water partition coefficient (Wildman–Crippen LogP) is 2.63. The molecule has 1 aliphatic rings. The van der Waals surface area contributed by atoms with Crippen molar-refractivity contribution in [3.05, 3.63) is 33.6 Å². The summed E-state index contributed by atoms with van der Waals surface area (Å²) in [5, 5.41) is 13.4. The van der Waals surface area contributed by atoms with Crippen LogP contribution >= 0.6 is 0 Å². The van der Waals surface area contributed by atoms with Crippen molar-refractivity contribution in [2.45, 2.75) is 32.1 Å². The molecule has 1 fully saturated rings. The molecule has 114 valence electrons. The molecule has 2 rings (SSSR count). The van der Waals surface area contributed by atoms with Crippen molar-refractivity contribution in [1.29, 1.82) is 0 Å². The molecular weight excluding hydrogens is 277 g/mol. The average molecular weight is 295 g/mol. The summed E-state index contributed by atoms with van der Waals surface area (Å²) in [6.45, 7) is 0.445. The van der Waals surface area contributed by atoms with Crippen LogP contribution in [0.1, 0.15) is 42.5 Å². The zero-order valence-electron chi connectivity index (χ0n) is 11.6. The lowest BCUT2D eigenvalue weighted by molar-refractivity contribution is -0.384. The van der Waals surface area contributed by atoms with Gasteiger partial charge in [0, 0.05) is 12.6 Å². The van der Waals surface area contributed by atoms with Gasteiger partial charge in [-0.2, -0.15) is 0 Å². The molecule has 3 N–H and O–H groups in total. The first kappa shape index (κ1) is 15.2. The van der Waals surface area contributed by atoms with Gasteiger partial charge in [0.15, 0.2) is 0 Å². The summed E-state index contributed by atoms with van der Waals surface area (Å²) in [7, 11) is 0. The van der Waals surface area contributed by atoms with Gasteiger partial charge in [-0.1, -0.05) is 19.3 Å². The fourth-order valence-corrected chi connectivity index (χ4v) is 2.69. The van der Waals surface area contributed by atoms with E-state index in [1.807, 2.05) is 0 Å². The number of benzene rings is 1. The van der Waals surface area contributed by atoms with E-state index in [-0.39, 0.29) is 0 Å². The minimum atomic E-state index is -0.848. The first-order valence-electron chi connectivity index (χ1n) is 7.01. The maximum absolute atomic E-state index is 13.7. The first-order valence-corrected chi connectivity index (χ1v) is 7.01. The van der Waals surface area contributed by atoms with Gasteiger partial charge >= 0.3 is 0 Å². The Kier molecular flexibility index (Phi) is 4.72. The number of anilines is 1. The van der Waals surface area contributed by atoms with E-state index in [2.05, 4.69) is 5.32 Å². The van der Waals surface area contributed by atoms with Crippen LogP contribution in [0.15, 0.2) is 12.1 Å². The highest BCUT2D eigenvalue weighted by Crippen LogP contribution is 2.28. The number of nitrogen functional groups attached to an aromatic ring is 1. The number of nitrogens with one attached hydrogen (secondary N) is 1. The third kappa shape index (κ3) is 3.48. The first-order chi connectivity index (χ1) is 10.0. The molecule has 0 atom stereocenters. The number of carbonyl (C=O) groups excluding carboxylic acids is 1. The van der Waals surface area contributed by atoms with Gasteiger partial charge in [-0.15, -0.1) is 0 Å². The van der Waals surface area contributed by atoms with Crippen LogP contribution < -0.4 is 11.1 Å². The molecular formula is C14H18FN3O3. The van der Waals surface area contributed by atoms with Crippen LogP contribution in [-0.4, -0.2) is 17.4 Å². The van der Waals surface area contributed by atoms with Crippen LogP contribution in [0.5, 0.6) is 0 Å². The summed E-state index contributed by atoms with van der Waals surface area (Å²) in [6, 6.07) is 1.85. The summed E-state index contributed by atoms with van der Waals surface area (Å²) in [4.78, 5) is 22.1. The Morgan fingerprint density at radius 3 is 2.67 bits per heavy atom. The minimum Gasteiger partial charge on any atom is -0.392 e. The topological polar surface area (TPSA) is 98.3 Å². The zero-order chi connectivity index (χ0) is 15.4. The number of carbonyl (C=O) groups is 1. The molecule has 0 radical (unpaired) electrons. The molecule has 0 heterocycles. The molecule has 1 aromatic rings. The summed E-state index contributed by atoms with van der Waals surface area (Å²) >= 11 is 0. The monoisotopic (exact) mass is 295 g/mol. The van der Waals surface area contributed by atoms with Gasteiger partial charge in [-0.05, 0) is 24.8 Å². The standard InChI is InChI=1S/C14H18FN3O3/c15-10-6-7-11(18(20)21)13(16)12(10)14(19)17-8-9-4-2-1-3-5-9/h6-7,9H,1-5,8,16H2,(H,17,19). The molecule has 0 aliphatic heterocycles. The number of nitro benzene ring substituents is 1. The van der Waals surface area contributed by atoms with Crippen LogP contribution in [0.4, 0.5) is 15.8 Å². The summed E-state index contributed by atoms with van der Waals surface area (Å²) in [5.74, 6) is -1.16. The summed E-state index contributed by atoms with van der Waals surface area (Å²) in [5.41, 5.74) is 4.22. The average Bonchev–Trinajstić information content (AvgIpc) is 2.46. The fraction of sp³-hybridized carbons (Fsp3) is 0.500. The largest absolute Gasteiger partial charge is 0.392 e. The highest BCUT2D eigenvalue weighted by Gasteiger charge is 2.24. The SMILES string of the molecule is Nc1c([N+](=O)[O-])ccc(F)c1C(=O)NCC1CCCCC1. The van der Waals surface area contributed by atoms with E-state index in [0.717, 1.165) is 37.8 Å². The molecule has 1 saturated carbocycles. The number of hydrogen-bond donors (Lipinski definition) is 2. The Morgan fingerprint density at radius 1 is 1.38 bits per heavy atom. The summed E-state index contributed by atoms with van der Waals surface area (Å²) in [6.07, 6.45) is 5.54. The third-order valence-corrected chi connectivity index (χ3v) is 3.87. The van der Waals surface area contributed by atoms with Gasteiger partial charge < -0.3 is 11.1 Å². The highest BCUT2D eigenvalue weighted by molar-refractivity contribution is 6.01. The van der Waals surface area contributed by atoms with Crippen LogP contribution in [0.2, 0.25) is 0 Å². The van der Waals surface area contributed by atoms with E-state index in [0.29, 0.717) is 12.5 Å². The van der Waals surface area contributed by atoms with Gasteiger partial charge in [-0.25, -0.2) is 4.39 Å². The molecule has 0 spiro atoms. The molecule has 1 aromatic carbocycles. The van der Waals surface area contributed by atoms with E-state index in [9.17, 15) is 19.3 Å². The van der Waals surface area contributed by atoms with E-state index in [4.69, 9.17) is 5.73 Å². The molecule has 0 aromatic heterocycles. The van der Waals surface area contributed by atoms with Gasteiger partial charge in [0.2, 0.25) is 0 Å². The van der Waals surface area contributed by atoms with Gasteiger partial charge in [-0.3, -0.25) is 14.9 Å². The smallest absolute Gasteiger partial charge is 0.293 e. The molecule has 21 heavy (non-hydrogen) atoms. The second kappa shape index (κ2) is 6.51. The minimum absolute atomic E-state index is 0.380. The Hall–Kier alpha value is -2.18. The van der Waals surface area contributed by atoms with Gasteiger partial charge in [0.1, 0.15) is 17.1 Å². The second-order valence-corrected chi connectivity index (χ2v) is 5.33.